The summed E-state index contributed by atoms with van der Waals surface area (Å²) < 4.78 is 1.91. The Hall–Kier alpha value is -1.18. The Morgan fingerprint density at radius 1 is 1.45 bits per heavy atom. The number of aryl methyl sites for hydroxylation is 1. The molecule has 0 unspecified atom stereocenters. The lowest BCUT2D eigenvalue weighted by Gasteiger charge is -1.93. The van der Waals surface area contributed by atoms with Gasteiger partial charge >= 0.3 is 0 Å². The highest BCUT2D eigenvalue weighted by atomic mass is 16.1. The molecule has 0 fully saturated rings. The number of hydrogen-bond donors (Lipinski definition) is 0. The van der Waals surface area contributed by atoms with Gasteiger partial charge in [0.2, 0.25) is 0 Å². The maximum atomic E-state index is 11.1. The second kappa shape index (κ2) is 3.28. The van der Waals surface area contributed by atoms with E-state index in [0.717, 1.165) is 5.56 Å². The van der Waals surface area contributed by atoms with Crippen LogP contribution in [0.25, 0.3) is 0 Å². The third-order valence-corrected chi connectivity index (χ3v) is 1.62. The first-order valence-electron chi connectivity index (χ1n) is 3.72. The van der Waals surface area contributed by atoms with Crippen molar-refractivity contribution in [2.45, 2.75) is 13.3 Å². The number of hydrogen-bond acceptors (Lipinski definition) is 1. The predicted molar refractivity (Wildman–Crippen MR) is 42.2 cm³/mol. The Balaban J connectivity index is 2.90. The molecule has 0 amide bonds. The van der Waals surface area contributed by atoms with Crippen LogP contribution in [0.2, 0.25) is 0 Å². The molecular formula is C9H12NO+. The summed E-state index contributed by atoms with van der Waals surface area (Å²) in [7, 11) is 1.93. The van der Waals surface area contributed by atoms with Crippen molar-refractivity contribution in [3.8, 4) is 0 Å². The van der Waals surface area contributed by atoms with Gasteiger partial charge in [-0.3, -0.25) is 4.79 Å². The Morgan fingerprint density at radius 3 is 2.45 bits per heavy atom. The van der Waals surface area contributed by atoms with Crippen molar-refractivity contribution in [1.29, 1.82) is 0 Å². The van der Waals surface area contributed by atoms with Crippen LogP contribution in [0.3, 0.4) is 0 Å². The summed E-state index contributed by atoms with van der Waals surface area (Å²) in [5, 5.41) is 0. The molecular weight excluding hydrogens is 138 g/mol. The maximum Gasteiger partial charge on any atom is 0.169 e. The third-order valence-electron chi connectivity index (χ3n) is 1.62. The van der Waals surface area contributed by atoms with Gasteiger partial charge in [-0.25, -0.2) is 4.57 Å². The molecule has 58 valence electrons. The molecule has 0 saturated carbocycles. The molecule has 0 aliphatic rings. The second-order valence-corrected chi connectivity index (χ2v) is 2.53. The topological polar surface area (TPSA) is 20.9 Å². The minimum absolute atomic E-state index is 0.200. The van der Waals surface area contributed by atoms with Crippen LogP contribution in [0.4, 0.5) is 0 Å². The molecule has 0 spiro atoms. The fourth-order valence-corrected chi connectivity index (χ4v) is 0.891. The van der Waals surface area contributed by atoms with Gasteiger partial charge in [0.15, 0.2) is 18.2 Å². The van der Waals surface area contributed by atoms with Crippen LogP contribution in [0.5, 0.6) is 0 Å². The van der Waals surface area contributed by atoms with Crippen molar-refractivity contribution in [2.24, 2.45) is 7.05 Å². The average Bonchev–Trinajstić information content (AvgIpc) is 2.05. The zero-order valence-electron chi connectivity index (χ0n) is 6.87. The minimum atomic E-state index is 0.200. The summed E-state index contributed by atoms with van der Waals surface area (Å²) in [5.74, 6) is 0.200. The molecule has 0 aliphatic heterocycles. The normalized spacial score (nSPS) is 9.64. The van der Waals surface area contributed by atoms with Gasteiger partial charge in [0.05, 0.1) is 0 Å². The number of carbonyl (C=O) groups excluding carboxylic acids is 1. The molecule has 2 nitrogen and oxygen atoms in total. The molecule has 1 aromatic heterocycles. The van der Waals surface area contributed by atoms with E-state index in [9.17, 15) is 4.79 Å². The first-order chi connectivity index (χ1) is 5.24. The molecule has 1 rings (SSSR count). The number of nitrogens with zero attached hydrogens (tertiary/aromatic N) is 1. The van der Waals surface area contributed by atoms with Crippen molar-refractivity contribution in [2.75, 3.05) is 0 Å². The molecule has 1 heterocycles. The molecule has 0 aromatic carbocycles. The SMILES string of the molecule is CCC(=O)c1cc[n+](C)cc1. The average molecular weight is 150 g/mol. The number of ketones is 1. The summed E-state index contributed by atoms with van der Waals surface area (Å²) in [6.07, 6.45) is 4.33. The van der Waals surface area contributed by atoms with Crippen LogP contribution in [0, 0.1) is 0 Å². The van der Waals surface area contributed by atoms with Crippen LogP contribution in [-0.4, -0.2) is 5.78 Å². The van der Waals surface area contributed by atoms with E-state index in [1.54, 1.807) is 0 Å². The van der Waals surface area contributed by atoms with E-state index >= 15 is 0 Å². The first kappa shape index (κ1) is 7.92. The summed E-state index contributed by atoms with van der Waals surface area (Å²) >= 11 is 0. The van der Waals surface area contributed by atoms with Crippen molar-refractivity contribution < 1.29 is 9.36 Å². The van der Waals surface area contributed by atoms with E-state index in [1.807, 2.05) is 43.1 Å². The lowest BCUT2D eigenvalue weighted by molar-refractivity contribution is -0.671. The van der Waals surface area contributed by atoms with E-state index in [-0.39, 0.29) is 5.78 Å². The molecule has 2 heteroatoms. The summed E-state index contributed by atoms with van der Waals surface area (Å²) in [5.41, 5.74) is 0.797. The van der Waals surface area contributed by atoms with E-state index in [1.165, 1.54) is 0 Å². The zero-order valence-corrected chi connectivity index (χ0v) is 6.87. The van der Waals surface area contributed by atoms with Gasteiger partial charge in [0.1, 0.15) is 7.05 Å². The van der Waals surface area contributed by atoms with Crippen LogP contribution in [0.1, 0.15) is 23.7 Å². The minimum Gasteiger partial charge on any atom is -0.294 e. The summed E-state index contributed by atoms with van der Waals surface area (Å²) in [4.78, 5) is 11.1. The number of pyridine rings is 1. The van der Waals surface area contributed by atoms with Crippen molar-refractivity contribution in [3.63, 3.8) is 0 Å². The van der Waals surface area contributed by atoms with Gasteiger partial charge < -0.3 is 0 Å². The smallest absolute Gasteiger partial charge is 0.169 e. The monoisotopic (exact) mass is 150 g/mol. The van der Waals surface area contributed by atoms with Crippen LogP contribution >= 0.6 is 0 Å². The first-order valence-corrected chi connectivity index (χ1v) is 3.72. The van der Waals surface area contributed by atoms with Crippen LogP contribution < -0.4 is 4.57 Å². The number of carbonyl (C=O) groups is 1. The highest BCUT2D eigenvalue weighted by Gasteiger charge is 2.02. The lowest BCUT2D eigenvalue weighted by atomic mass is 10.1. The van der Waals surface area contributed by atoms with Gasteiger partial charge in [0.25, 0.3) is 0 Å². The van der Waals surface area contributed by atoms with E-state index in [0.29, 0.717) is 6.42 Å². The fourth-order valence-electron chi connectivity index (χ4n) is 0.891. The highest BCUT2D eigenvalue weighted by molar-refractivity contribution is 5.95. The standard InChI is InChI=1S/C9H12NO/c1-3-9(11)8-4-6-10(2)7-5-8/h4-7H,3H2,1-2H3/q+1. The van der Waals surface area contributed by atoms with Gasteiger partial charge in [-0.2, -0.15) is 0 Å². The predicted octanol–water partition coefficient (Wildman–Crippen LogP) is 1.10. The summed E-state index contributed by atoms with van der Waals surface area (Å²) in [6, 6.07) is 3.68. The lowest BCUT2D eigenvalue weighted by Crippen LogP contribution is -2.26. The Bertz CT molecular complexity index is 251. The van der Waals surface area contributed by atoms with Crippen LogP contribution in [0.15, 0.2) is 24.5 Å². The second-order valence-electron chi connectivity index (χ2n) is 2.53. The largest absolute Gasteiger partial charge is 0.294 e. The van der Waals surface area contributed by atoms with E-state index in [4.69, 9.17) is 0 Å². The maximum absolute atomic E-state index is 11.1. The van der Waals surface area contributed by atoms with Gasteiger partial charge in [-0.15, -0.1) is 0 Å². The van der Waals surface area contributed by atoms with E-state index < -0.39 is 0 Å². The Labute approximate surface area is 66.5 Å². The van der Waals surface area contributed by atoms with Crippen molar-refractivity contribution >= 4 is 5.78 Å². The molecule has 0 aliphatic carbocycles. The molecule has 0 bridgehead atoms. The van der Waals surface area contributed by atoms with Crippen LogP contribution in [-0.2, 0) is 7.05 Å². The molecule has 0 saturated heterocycles. The molecule has 0 radical (unpaired) electrons. The molecule has 1 aromatic rings. The summed E-state index contributed by atoms with van der Waals surface area (Å²) in [6.45, 7) is 1.87. The Morgan fingerprint density at radius 2 is 2.00 bits per heavy atom. The van der Waals surface area contributed by atoms with Crippen molar-refractivity contribution in [3.05, 3.63) is 30.1 Å². The Kier molecular flexibility index (Phi) is 2.36. The molecule has 0 atom stereocenters. The van der Waals surface area contributed by atoms with Gasteiger partial charge in [-0.05, 0) is 0 Å². The number of rotatable bonds is 2. The third kappa shape index (κ3) is 1.87. The zero-order chi connectivity index (χ0) is 8.27. The highest BCUT2D eigenvalue weighted by Crippen LogP contribution is 1.98. The van der Waals surface area contributed by atoms with Gasteiger partial charge in [-0.1, -0.05) is 6.92 Å². The molecule has 11 heavy (non-hydrogen) atoms. The quantitative estimate of drug-likeness (QED) is 0.457. The fraction of sp³-hybridized carbons (Fsp3) is 0.333. The van der Waals surface area contributed by atoms with E-state index in [2.05, 4.69) is 0 Å². The van der Waals surface area contributed by atoms with Gasteiger partial charge in [0, 0.05) is 24.1 Å². The molecule has 0 N–H and O–H groups in total. The van der Waals surface area contributed by atoms with Crippen molar-refractivity contribution in [1.82, 2.24) is 0 Å². The number of Topliss-reactive ketones (excluding diaryl/α,β-unsaturated/α-hetero) is 1. The number of aromatic nitrogens is 1.